The van der Waals surface area contributed by atoms with E-state index in [4.69, 9.17) is 0 Å². The summed E-state index contributed by atoms with van der Waals surface area (Å²) in [7, 11) is 0. The minimum Gasteiger partial charge on any atom is -0.325 e. The highest BCUT2D eigenvalue weighted by Crippen LogP contribution is 2.36. The number of rotatable bonds is 4. The van der Waals surface area contributed by atoms with Crippen molar-refractivity contribution in [1.82, 2.24) is 5.32 Å². The molecule has 4 heteroatoms. The maximum absolute atomic E-state index is 11.9. The van der Waals surface area contributed by atoms with Gasteiger partial charge in [0.1, 0.15) is 0 Å². The van der Waals surface area contributed by atoms with Crippen LogP contribution in [-0.4, -0.2) is 18.5 Å². The summed E-state index contributed by atoms with van der Waals surface area (Å²) >= 11 is 3.39. The van der Waals surface area contributed by atoms with Crippen molar-refractivity contribution >= 4 is 27.5 Å². The van der Waals surface area contributed by atoms with E-state index in [9.17, 15) is 4.79 Å². The average Bonchev–Trinajstić information content (AvgIpc) is 2.66. The van der Waals surface area contributed by atoms with E-state index >= 15 is 0 Å². The van der Waals surface area contributed by atoms with Crippen molar-refractivity contribution in [1.29, 1.82) is 0 Å². The smallest absolute Gasteiger partial charge is 0.238 e. The van der Waals surface area contributed by atoms with Crippen molar-refractivity contribution in [3.05, 3.63) is 28.7 Å². The summed E-state index contributed by atoms with van der Waals surface area (Å²) in [4.78, 5) is 11.9. The van der Waals surface area contributed by atoms with Gasteiger partial charge in [-0.3, -0.25) is 4.79 Å². The van der Waals surface area contributed by atoms with Crippen LogP contribution in [0.5, 0.6) is 0 Å². The molecule has 0 heterocycles. The Morgan fingerprint density at radius 1 is 1.47 bits per heavy atom. The number of carbonyl (C=O) groups is 1. The molecule has 1 atom stereocenters. The zero-order chi connectivity index (χ0) is 13.9. The average molecular weight is 325 g/mol. The van der Waals surface area contributed by atoms with E-state index in [2.05, 4.69) is 40.4 Å². The SMILES string of the molecule is CC1(C)CCC(NCC(=O)Nc2cccc(Br)c2)C1. The second-order valence-electron chi connectivity index (χ2n) is 6.04. The van der Waals surface area contributed by atoms with Crippen LogP contribution in [-0.2, 0) is 4.79 Å². The highest BCUT2D eigenvalue weighted by molar-refractivity contribution is 9.10. The van der Waals surface area contributed by atoms with Gasteiger partial charge in [0.05, 0.1) is 6.54 Å². The number of hydrogen-bond donors (Lipinski definition) is 2. The lowest BCUT2D eigenvalue weighted by Gasteiger charge is -2.17. The molecule has 1 aromatic carbocycles. The predicted octanol–water partition coefficient (Wildman–Crippen LogP) is 3.56. The first kappa shape index (κ1) is 14.5. The van der Waals surface area contributed by atoms with Crippen molar-refractivity contribution in [2.24, 2.45) is 5.41 Å². The minimum atomic E-state index is 0.0165. The van der Waals surface area contributed by atoms with E-state index in [-0.39, 0.29) is 5.91 Å². The van der Waals surface area contributed by atoms with Crippen LogP contribution in [0.1, 0.15) is 33.1 Å². The summed E-state index contributed by atoms with van der Waals surface area (Å²) in [6.45, 7) is 4.96. The Morgan fingerprint density at radius 3 is 2.89 bits per heavy atom. The molecular formula is C15H21BrN2O. The Hall–Kier alpha value is -0.870. The summed E-state index contributed by atoms with van der Waals surface area (Å²) < 4.78 is 0.968. The third kappa shape index (κ3) is 4.62. The van der Waals surface area contributed by atoms with Crippen LogP contribution < -0.4 is 10.6 Å². The Balaban J connectivity index is 1.76. The molecule has 0 saturated heterocycles. The minimum absolute atomic E-state index is 0.0165. The largest absolute Gasteiger partial charge is 0.325 e. The highest BCUT2D eigenvalue weighted by atomic mass is 79.9. The van der Waals surface area contributed by atoms with Gasteiger partial charge < -0.3 is 10.6 Å². The van der Waals surface area contributed by atoms with E-state index in [0.717, 1.165) is 23.0 Å². The first-order chi connectivity index (χ1) is 8.94. The fourth-order valence-corrected chi connectivity index (χ4v) is 3.02. The molecule has 1 aromatic rings. The lowest BCUT2D eigenvalue weighted by atomic mass is 9.92. The normalized spacial score (nSPS) is 21.3. The van der Waals surface area contributed by atoms with Crippen LogP contribution >= 0.6 is 15.9 Å². The molecule has 1 fully saturated rings. The van der Waals surface area contributed by atoms with E-state index in [1.165, 1.54) is 6.42 Å². The molecule has 104 valence electrons. The van der Waals surface area contributed by atoms with Crippen molar-refractivity contribution < 1.29 is 4.79 Å². The Labute approximate surface area is 123 Å². The van der Waals surface area contributed by atoms with Gasteiger partial charge >= 0.3 is 0 Å². The summed E-state index contributed by atoms with van der Waals surface area (Å²) in [5.74, 6) is 0.0165. The van der Waals surface area contributed by atoms with Crippen molar-refractivity contribution in [3.63, 3.8) is 0 Å². The highest BCUT2D eigenvalue weighted by Gasteiger charge is 2.30. The van der Waals surface area contributed by atoms with Crippen molar-refractivity contribution in [3.8, 4) is 0 Å². The van der Waals surface area contributed by atoms with E-state index in [1.54, 1.807) is 0 Å². The van der Waals surface area contributed by atoms with E-state index < -0.39 is 0 Å². The van der Waals surface area contributed by atoms with Crippen LogP contribution in [0.4, 0.5) is 5.69 Å². The van der Waals surface area contributed by atoms with E-state index in [1.807, 2.05) is 24.3 Å². The third-order valence-corrected chi connectivity index (χ3v) is 4.12. The summed E-state index contributed by atoms with van der Waals surface area (Å²) in [6, 6.07) is 8.11. The second-order valence-corrected chi connectivity index (χ2v) is 6.96. The lowest BCUT2D eigenvalue weighted by molar-refractivity contribution is -0.115. The molecule has 3 nitrogen and oxygen atoms in total. The van der Waals surface area contributed by atoms with Gasteiger partial charge in [0.15, 0.2) is 0 Å². The van der Waals surface area contributed by atoms with Gasteiger partial charge in [-0.2, -0.15) is 0 Å². The molecular weight excluding hydrogens is 304 g/mol. The van der Waals surface area contributed by atoms with Crippen LogP contribution in [0.2, 0.25) is 0 Å². The Kier molecular flexibility index (Phi) is 4.63. The predicted molar refractivity (Wildman–Crippen MR) is 82.2 cm³/mol. The zero-order valence-electron chi connectivity index (χ0n) is 11.5. The molecule has 1 aliphatic rings. The van der Waals surface area contributed by atoms with Crippen molar-refractivity contribution in [2.45, 2.75) is 39.2 Å². The fourth-order valence-electron chi connectivity index (χ4n) is 2.62. The van der Waals surface area contributed by atoms with E-state index in [0.29, 0.717) is 18.0 Å². The third-order valence-electron chi connectivity index (χ3n) is 3.63. The summed E-state index contributed by atoms with van der Waals surface area (Å²) in [5, 5.41) is 6.24. The first-order valence-electron chi connectivity index (χ1n) is 6.73. The zero-order valence-corrected chi connectivity index (χ0v) is 13.1. The Morgan fingerprint density at radius 2 is 2.26 bits per heavy atom. The van der Waals surface area contributed by atoms with Gasteiger partial charge in [-0.05, 0) is 42.9 Å². The lowest BCUT2D eigenvalue weighted by Crippen LogP contribution is -2.35. The first-order valence-corrected chi connectivity index (χ1v) is 7.53. The standard InChI is InChI=1S/C15H21BrN2O/c1-15(2)7-6-13(9-15)17-10-14(19)18-12-5-3-4-11(16)8-12/h3-5,8,13,17H,6-7,9-10H2,1-2H3,(H,18,19). The Bertz CT molecular complexity index is 459. The molecule has 19 heavy (non-hydrogen) atoms. The molecule has 2 rings (SSSR count). The fraction of sp³-hybridized carbons (Fsp3) is 0.533. The number of anilines is 1. The molecule has 1 unspecified atom stereocenters. The van der Waals surface area contributed by atoms with Crippen LogP contribution in [0.15, 0.2) is 28.7 Å². The number of carbonyl (C=O) groups excluding carboxylic acids is 1. The topological polar surface area (TPSA) is 41.1 Å². The van der Waals surface area contributed by atoms with Gasteiger partial charge in [0.25, 0.3) is 0 Å². The van der Waals surface area contributed by atoms with Gasteiger partial charge in [-0.1, -0.05) is 35.8 Å². The van der Waals surface area contributed by atoms with Gasteiger partial charge in [0.2, 0.25) is 5.91 Å². The van der Waals surface area contributed by atoms with Gasteiger partial charge in [-0.15, -0.1) is 0 Å². The van der Waals surface area contributed by atoms with Crippen LogP contribution in [0.3, 0.4) is 0 Å². The molecule has 0 aliphatic heterocycles. The van der Waals surface area contributed by atoms with Gasteiger partial charge in [0, 0.05) is 16.2 Å². The van der Waals surface area contributed by atoms with Crippen LogP contribution in [0, 0.1) is 5.41 Å². The summed E-state index contributed by atoms with van der Waals surface area (Å²) in [5.41, 5.74) is 1.24. The molecule has 2 N–H and O–H groups in total. The van der Waals surface area contributed by atoms with Gasteiger partial charge in [-0.25, -0.2) is 0 Å². The number of amides is 1. The molecule has 0 spiro atoms. The van der Waals surface area contributed by atoms with Crippen LogP contribution in [0.25, 0.3) is 0 Å². The number of nitrogens with one attached hydrogen (secondary N) is 2. The monoisotopic (exact) mass is 324 g/mol. The molecule has 1 saturated carbocycles. The molecule has 0 aromatic heterocycles. The molecule has 1 amide bonds. The number of benzene rings is 1. The molecule has 0 bridgehead atoms. The number of hydrogen-bond acceptors (Lipinski definition) is 2. The quantitative estimate of drug-likeness (QED) is 0.889. The number of halogens is 1. The molecule has 0 radical (unpaired) electrons. The second kappa shape index (κ2) is 6.06. The maximum Gasteiger partial charge on any atom is 0.238 e. The van der Waals surface area contributed by atoms with Crippen molar-refractivity contribution in [2.75, 3.05) is 11.9 Å². The summed E-state index contributed by atoms with van der Waals surface area (Å²) in [6.07, 6.45) is 3.55. The molecule has 1 aliphatic carbocycles. The maximum atomic E-state index is 11.9.